The van der Waals surface area contributed by atoms with Crippen LogP contribution in [0.15, 0.2) is 24.3 Å². The van der Waals surface area contributed by atoms with Gasteiger partial charge in [0.2, 0.25) is 0 Å². The molecule has 94 valence electrons. The smallest absolute Gasteiger partial charge is 0.0404 e. The zero-order chi connectivity index (χ0) is 12.4. The summed E-state index contributed by atoms with van der Waals surface area (Å²) in [4.78, 5) is 2.53. The Morgan fingerprint density at radius 2 is 2.00 bits per heavy atom. The fourth-order valence-corrected chi connectivity index (χ4v) is 2.76. The zero-order valence-electron chi connectivity index (χ0n) is 11.4. The summed E-state index contributed by atoms with van der Waals surface area (Å²) in [5.41, 5.74) is 2.97. The lowest BCUT2D eigenvalue weighted by atomic mass is 9.95. The van der Waals surface area contributed by atoms with E-state index in [4.69, 9.17) is 0 Å². The van der Waals surface area contributed by atoms with E-state index in [-0.39, 0.29) is 0 Å². The summed E-state index contributed by atoms with van der Waals surface area (Å²) in [6.07, 6.45) is 1.22. The summed E-state index contributed by atoms with van der Waals surface area (Å²) in [5, 5.41) is 3.35. The van der Waals surface area contributed by atoms with Crippen molar-refractivity contribution < 1.29 is 0 Å². The maximum atomic E-state index is 3.35. The van der Waals surface area contributed by atoms with E-state index in [0.29, 0.717) is 18.0 Å². The van der Waals surface area contributed by atoms with Gasteiger partial charge in [0.15, 0.2) is 0 Å². The molecule has 0 radical (unpaired) electrons. The zero-order valence-corrected chi connectivity index (χ0v) is 11.4. The number of nitrogens with zero attached hydrogens (tertiary/aromatic N) is 1. The molecule has 0 spiro atoms. The summed E-state index contributed by atoms with van der Waals surface area (Å²) in [6, 6.07) is 10.0. The topological polar surface area (TPSA) is 15.3 Å². The van der Waals surface area contributed by atoms with Gasteiger partial charge in [0.25, 0.3) is 0 Å². The van der Waals surface area contributed by atoms with Gasteiger partial charge in [-0.05, 0) is 45.9 Å². The number of hydrogen-bond acceptors (Lipinski definition) is 2. The summed E-state index contributed by atoms with van der Waals surface area (Å²) >= 11 is 0. The van der Waals surface area contributed by atoms with Crippen molar-refractivity contribution in [2.45, 2.75) is 45.2 Å². The van der Waals surface area contributed by atoms with Gasteiger partial charge in [-0.25, -0.2) is 0 Å². The minimum Gasteiger partial charge on any atom is -0.368 e. The fraction of sp³-hybridized carbons (Fsp3) is 0.600. The molecule has 1 aromatic carbocycles. The Hall–Kier alpha value is -1.02. The third kappa shape index (κ3) is 2.47. The molecule has 0 saturated heterocycles. The van der Waals surface area contributed by atoms with Crippen LogP contribution in [-0.2, 0) is 0 Å². The second kappa shape index (κ2) is 5.09. The lowest BCUT2D eigenvalue weighted by Crippen LogP contribution is -2.31. The standard InChI is InChI=1S/C15H24N2/c1-11(2)17-10-13(9-12(3)16-4)14-7-5-6-8-15(14)17/h5-8,11-13,16H,9-10H2,1-4H3. The van der Waals surface area contributed by atoms with Crippen LogP contribution in [0.25, 0.3) is 0 Å². The number of nitrogens with one attached hydrogen (secondary N) is 1. The van der Waals surface area contributed by atoms with E-state index in [1.165, 1.54) is 24.2 Å². The highest BCUT2D eigenvalue weighted by Crippen LogP contribution is 2.39. The van der Waals surface area contributed by atoms with Crippen LogP contribution in [0.1, 0.15) is 38.7 Å². The van der Waals surface area contributed by atoms with E-state index in [1.54, 1.807) is 0 Å². The molecule has 1 heterocycles. The largest absolute Gasteiger partial charge is 0.368 e. The van der Waals surface area contributed by atoms with Gasteiger partial charge in [-0.15, -0.1) is 0 Å². The van der Waals surface area contributed by atoms with Crippen LogP contribution in [0.4, 0.5) is 5.69 Å². The molecule has 0 bridgehead atoms. The molecule has 1 aliphatic heterocycles. The highest BCUT2D eigenvalue weighted by atomic mass is 15.2. The quantitative estimate of drug-likeness (QED) is 0.858. The number of hydrogen-bond donors (Lipinski definition) is 1. The van der Waals surface area contributed by atoms with Gasteiger partial charge >= 0.3 is 0 Å². The summed E-state index contributed by atoms with van der Waals surface area (Å²) < 4.78 is 0. The Bertz CT molecular complexity index is 373. The van der Waals surface area contributed by atoms with Crippen LogP contribution in [0.5, 0.6) is 0 Å². The van der Waals surface area contributed by atoms with Gasteiger partial charge in [-0.2, -0.15) is 0 Å². The number of benzene rings is 1. The van der Waals surface area contributed by atoms with E-state index in [1.807, 2.05) is 7.05 Å². The molecule has 0 amide bonds. The van der Waals surface area contributed by atoms with Crippen LogP contribution in [0.3, 0.4) is 0 Å². The minimum absolute atomic E-state index is 0.583. The molecular formula is C15H24N2. The number of anilines is 1. The van der Waals surface area contributed by atoms with Crippen molar-refractivity contribution in [2.75, 3.05) is 18.5 Å². The monoisotopic (exact) mass is 232 g/mol. The molecule has 2 unspecified atom stereocenters. The van der Waals surface area contributed by atoms with Crippen molar-refractivity contribution in [3.05, 3.63) is 29.8 Å². The molecule has 0 fully saturated rings. The van der Waals surface area contributed by atoms with Gasteiger partial charge in [0.05, 0.1) is 0 Å². The molecule has 2 atom stereocenters. The Morgan fingerprint density at radius 1 is 1.29 bits per heavy atom. The summed E-state index contributed by atoms with van der Waals surface area (Å²) in [7, 11) is 2.05. The van der Waals surface area contributed by atoms with E-state index < -0.39 is 0 Å². The molecule has 1 N–H and O–H groups in total. The van der Waals surface area contributed by atoms with Crippen LogP contribution < -0.4 is 10.2 Å². The van der Waals surface area contributed by atoms with Crippen molar-refractivity contribution in [1.82, 2.24) is 5.32 Å². The first-order valence-electron chi connectivity index (χ1n) is 6.66. The molecule has 17 heavy (non-hydrogen) atoms. The fourth-order valence-electron chi connectivity index (χ4n) is 2.76. The van der Waals surface area contributed by atoms with Gasteiger partial charge in [0, 0.05) is 30.2 Å². The average Bonchev–Trinajstić information content (AvgIpc) is 2.68. The molecule has 2 heteroatoms. The predicted molar refractivity (Wildman–Crippen MR) is 74.8 cm³/mol. The van der Waals surface area contributed by atoms with Gasteiger partial charge < -0.3 is 10.2 Å². The van der Waals surface area contributed by atoms with E-state index >= 15 is 0 Å². The Kier molecular flexibility index (Phi) is 3.72. The Labute approximate surface area is 105 Å². The Balaban J connectivity index is 2.22. The highest BCUT2D eigenvalue weighted by molar-refractivity contribution is 5.60. The lowest BCUT2D eigenvalue weighted by Gasteiger charge is -2.25. The molecule has 2 rings (SSSR count). The number of para-hydroxylation sites is 1. The van der Waals surface area contributed by atoms with Crippen molar-refractivity contribution in [3.8, 4) is 0 Å². The Morgan fingerprint density at radius 3 is 2.65 bits per heavy atom. The summed E-state index contributed by atoms with van der Waals surface area (Å²) in [6.45, 7) is 7.99. The number of fused-ring (bicyclic) bond motifs is 1. The molecule has 1 aromatic rings. The van der Waals surface area contributed by atoms with Crippen molar-refractivity contribution in [2.24, 2.45) is 0 Å². The lowest BCUT2D eigenvalue weighted by molar-refractivity contribution is 0.499. The second-order valence-corrected chi connectivity index (χ2v) is 5.43. The van der Waals surface area contributed by atoms with E-state index in [0.717, 1.165) is 0 Å². The van der Waals surface area contributed by atoms with E-state index in [2.05, 4.69) is 55.3 Å². The normalized spacial score (nSPS) is 20.8. The van der Waals surface area contributed by atoms with Gasteiger partial charge in [-0.3, -0.25) is 0 Å². The van der Waals surface area contributed by atoms with Crippen LogP contribution in [0.2, 0.25) is 0 Å². The summed E-state index contributed by atoms with van der Waals surface area (Å²) in [5.74, 6) is 0.677. The molecule has 0 saturated carbocycles. The molecule has 0 aromatic heterocycles. The maximum Gasteiger partial charge on any atom is 0.0404 e. The average molecular weight is 232 g/mol. The van der Waals surface area contributed by atoms with Gasteiger partial charge in [-0.1, -0.05) is 18.2 Å². The van der Waals surface area contributed by atoms with Crippen molar-refractivity contribution >= 4 is 5.69 Å². The highest BCUT2D eigenvalue weighted by Gasteiger charge is 2.30. The molecule has 1 aliphatic rings. The first-order valence-corrected chi connectivity index (χ1v) is 6.66. The molecule has 2 nitrogen and oxygen atoms in total. The first kappa shape index (κ1) is 12.4. The second-order valence-electron chi connectivity index (χ2n) is 5.43. The van der Waals surface area contributed by atoms with Crippen molar-refractivity contribution in [1.29, 1.82) is 0 Å². The molecule has 0 aliphatic carbocycles. The minimum atomic E-state index is 0.583. The van der Waals surface area contributed by atoms with Crippen molar-refractivity contribution in [3.63, 3.8) is 0 Å². The third-order valence-electron chi connectivity index (χ3n) is 3.86. The van der Waals surface area contributed by atoms with Gasteiger partial charge in [0.1, 0.15) is 0 Å². The maximum absolute atomic E-state index is 3.35. The molecular weight excluding hydrogens is 208 g/mol. The van der Waals surface area contributed by atoms with E-state index in [9.17, 15) is 0 Å². The predicted octanol–water partition coefficient (Wildman–Crippen LogP) is 3.00. The third-order valence-corrected chi connectivity index (χ3v) is 3.86. The van der Waals surface area contributed by atoms with Crippen LogP contribution in [0, 0.1) is 0 Å². The number of rotatable bonds is 4. The van der Waals surface area contributed by atoms with Crippen LogP contribution in [-0.4, -0.2) is 25.7 Å². The SMILES string of the molecule is CNC(C)CC1CN(C(C)C)c2ccccc21. The first-order chi connectivity index (χ1) is 8.13. The van der Waals surface area contributed by atoms with Crippen LogP contribution >= 0.6 is 0 Å².